The lowest BCUT2D eigenvalue weighted by Gasteiger charge is -2.24. The summed E-state index contributed by atoms with van der Waals surface area (Å²) in [6.45, 7) is 2.77. The highest BCUT2D eigenvalue weighted by Gasteiger charge is 2.20. The second-order valence-corrected chi connectivity index (χ2v) is 9.64. The minimum atomic E-state index is -0.297. The van der Waals surface area contributed by atoms with E-state index in [9.17, 15) is 9.18 Å². The summed E-state index contributed by atoms with van der Waals surface area (Å²) in [6, 6.07) is 23.2. The molecule has 1 aliphatic heterocycles. The van der Waals surface area contributed by atoms with Gasteiger partial charge >= 0.3 is 0 Å². The third-order valence-electron chi connectivity index (χ3n) is 6.77. The SMILES string of the molecule is COc1ccc(CN(Cc2cccnc2)C(=O)c2ccc(-c3cccc(F)c3)cc2)cc1OCC1CCOC1. The lowest BCUT2D eigenvalue weighted by Crippen LogP contribution is -2.30. The topological polar surface area (TPSA) is 60.9 Å². The third-order valence-corrected chi connectivity index (χ3v) is 6.77. The average molecular weight is 527 g/mol. The number of hydrogen-bond donors (Lipinski definition) is 0. The van der Waals surface area contributed by atoms with Crippen LogP contribution >= 0.6 is 0 Å². The molecule has 0 N–H and O–H groups in total. The van der Waals surface area contributed by atoms with Gasteiger partial charge in [0.05, 0.1) is 20.3 Å². The van der Waals surface area contributed by atoms with Crippen molar-refractivity contribution in [2.45, 2.75) is 19.5 Å². The lowest BCUT2D eigenvalue weighted by atomic mass is 10.0. The van der Waals surface area contributed by atoms with E-state index in [1.165, 1.54) is 12.1 Å². The van der Waals surface area contributed by atoms with Gasteiger partial charge in [0, 0.05) is 43.6 Å². The Morgan fingerprint density at radius 2 is 1.82 bits per heavy atom. The van der Waals surface area contributed by atoms with Crippen LogP contribution in [0, 0.1) is 11.7 Å². The molecule has 3 aromatic carbocycles. The molecule has 0 radical (unpaired) electrons. The molecule has 7 heteroatoms. The monoisotopic (exact) mass is 526 g/mol. The number of carbonyl (C=O) groups is 1. The number of carbonyl (C=O) groups excluding carboxylic acids is 1. The van der Waals surface area contributed by atoms with Gasteiger partial charge < -0.3 is 19.1 Å². The zero-order valence-electron chi connectivity index (χ0n) is 21.9. The molecule has 1 aromatic heterocycles. The molecule has 6 nitrogen and oxygen atoms in total. The fourth-order valence-electron chi connectivity index (χ4n) is 4.64. The van der Waals surface area contributed by atoms with E-state index in [4.69, 9.17) is 14.2 Å². The first kappa shape index (κ1) is 26.4. The van der Waals surface area contributed by atoms with Gasteiger partial charge in [-0.05, 0) is 71.1 Å². The Morgan fingerprint density at radius 3 is 2.54 bits per heavy atom. The van der Waals surface area contributed by atoms with E-state index in [0.717, 1.165) is 35.3 Å². The normalized spacial score (nSPS) is 14.7. The van der Waals surface area contributed by atoms with Gasteiger partial charge in [-0.25, -0.2) is 4.39 Å². The summed E-state index contributed by atoms with van der Waals surface area (Å²) in [5, 5.41) is 0. The van der Waals surface area contributed by atoms with E-state index in [0.29, 0.717) is 49.3 Å². The molecule has 4 aromatic rings. The van der Waals surface area contributed by atoms with Crippen LogP contribution in [0.15, 0.2) is 91.3 Å². The van der Waals surface area contributed by atoms with Crippen LogP contribution in [-0.4, -0.2) is 42.7 Å². The lowest BCUT2D eigenvalue weighted by molar-refractivity contribution is 0.0729. The standard InChI is InChI=1S/C32H31FN2O4/c1-37-30-12-7-23(16-31(30)39-22-25-13-15-38-21-25)19-35(20-24-4-3-14-34-18-24)32(36)27-10-8-26(9-11-27)28-5-2-6-29(33)17-28/h2-12,14,16-18,25H,13,15,19-22H2,1H3. The maximum Gasteiger partial charge on any atom is 0.254 e. The molecule has 1 unspecified atom stereocenters. The zero-order chi connectivity index (χ0) is 27.0. The molecule has 200 valence electrons. The molecule has 1 atom stereocenters. The molecule has 2 heterocycles. The quantitative estimate of drug-likeness (QED) is 0.248. The minimum Gasteiger partial charge on any atom is -0.493 e. The summed E-state index contributed by atoms with van der Waals surface area (Å²) in [5.74, 6) is 1.24. The predicted octanol–water partition coefficient (Wildman–Crippen LogP) is 6.15. The number of amides is 1. The molecule has 1 amide bonds. The maximum absolute atomic E-state index is 13.7. The molecular formula is C32H31FN2O4. The van der Waals surface area contributed by atoms with Gasteiger partial charge in [-0.3, -0.25) is 9.78 Å². The van der Waals surface area contributed by atoms with Crippen LogP contribution in [-0.2, 0) is 17.8 Å². The predicted molar refractivity (Wildman–Crippen MR) is 147 cm³/mol. The van der Waals surface area contributed by atoms with Crippen molar-refractivity contribution in [3.63, 3.8) is 0 Å². The van der Waals surface area contributed by atoms with Crippen molar-refractivity contribution >= 4 is 5.91 Å². The van der Waals surface area contributed by atoms with Crippen LogP contribution in [0.4, 0.5) is 4.39 Å². The number of nitrogens with zero attached hydrogens (tertiary/aromatic N) is 2. The highest BCUT2D eigenvalue weighted by atomic mass is 19.1. The van der Waals surface area contributed by atoms with E-state index in [1.807, 2.05) is 48.5 Å². The Bertz CT molecular complexity index is 1390. The Morgan fingerprint density at radius 1 is 0.974 bits per heavy atom. The van der Waals surface area contributed by atoms with Crippen molar-refractivity contribution in [1.29, 1.82) is 0 Å². The number of ether oxygens (including phenoxy) is 3. The molecule has 0 spiro atoms. The molecule has 5 rings (SSSR count). The van der Waals surface area contributed by atoms with E-state index < -0.39 is 0 Å². The van der Waals surface area contributed by atoms with Crippen molar-refractivity contribution < 1.29 is 23.4 Å². The molecular weight excluding hydrogens is 495 g/mol. The van der Waals surface area contributed by atoms with Crippen LogP contribution in [0.25, 0.3) is 11.1 Å². The van der Waals surface area contributed by atoms with E-state index in [-0.39, 0.29) is 11.7 Å². The van der Waals surface area contributed by atoms with Crippen LogP contribution in [0.2, 0.25) is 0 Å². The number of rotatable bonds is 10. The van der Waals surface area contributed by atoms with Crippen LogP contribution in [0.3, 0.4) is 0 Å². The fourth-order valence-corrected chi connectivity index (χ4v) is 4.64. The second-order valence-electron chi connectivity index (χ2n) is 9.64. The summed E-state index contributed by atoms with van der Waals surface area (Å²) in [7, 11) is 1.62. The van der Waals surface area contributed by atoms with Crippen molar-refractivity contribution in [3.8, 4) is 22.6 Å². The van der Waals surface area contributed by atoms with Crippen molar-refractivity contribution in [3.05, 3.63) is 114 Å². The maximum atomic E-state index is 13.7. The second kappa shape index (κ2) is 12.5. The number of hydrogen-bond acceptors (Lipinski definition) is 5. The van der Waals surface area contributed by atoms with Gasteiger partial charge in [0.25, 0.3) is 5.91 Å². The van der Waals surface area contributed by atoms with Gasteiger partial charge in [0.15, 0.2) is 11.5 Å². The van der Waals surface area contributed by atoms with Crippen molar-refractivity contribution in [2.24, 2.45) is 5.92 Å². The molecule has 0 aliphatic carbocycles. The molecule has 1 fully saturated rings. The van der Waals surface area contributed by atoms with Crippen molar-refractivity contribution in [1.82, 2.24) is 9.88 Å². The van der Waals surface area contributed by atoms with Gasteiger partial charge in [-0.1, -0.05) is 36.4 Å². The highest BCUT2D eigenvalue weighted by Crippen LogP contribution is 2.30. The number of methoxy groups -OCH3 is 1. The molecule has 0 saturated carbocycles. The molecule has 1 aliphatic rings. The Kier molecular flexibility index (Phi) is 8.48. The van der Waals surface area contributed by atoms with Crippen molar-refractivity contribution in [2.75, 3.05) is 26.9 Å². The molecule has 1 saturated heterocycles. The summed E-state index contributed by atoms with van der Waals surface area (Å²) < 4.78 is 30.8. The van der Waals surface area contributed by atoms with Gasteiger partial charge in [-0.15, -0.1) is 0 Å². The number of halogens is 1. The summed E-state index contributed by atoms with van der Waals surface area (Å²) in [5.41, 5.74) is 3.99. The zero-order valence-corrected chi connectivity index (χ0v) is 21.9. The first-order chi connectivity index (χ1) is 19.1. The van der Waals surface area contributed by atoms with Gasteiger partial charge in [0.1, 0.15) is 5.82 Å². The Hall–Kier alpha value is -4.23. The first-order valence-electron chi connectivity index (χ1n) is 13.0. The Labute approximate surface area is 228 Å². The smallest absolute Gasteiger partial charge is 0.254 e. The van der Waals surface area contributed by atoms with E-state index in [2.05, 4.69) is 4.98 Å². The number of pyridine rings is 1. The van der Waals surface area contributed by atoms with Crippen LogP contribution < -0.4 is 9.47 Å². The fraction of sp³-hybridized carbons (Fsp3) is 0.250. The summed E-state index contributed by atoms with van der Waals surface area (Å²) in [4.78, 5) is 19.7. The molecule has 0 bridgehead atoms. The van der Waals surface area contributed by atoms with Crippen LogP contribution in [0.1, 0.15) is 27.9 Å². The molecule has 39 heavy (non-hydrogen) atoms. The largest absolute Gasteiger partial charge is 0.493 e. The summed E-state index contributed by atoms with van der Waals surface area (Å²) in [6.07, 6.45) is 4.45. The minimum absolute atomic E-state index is 0.119. The first-order valence-corrected chi connectivity index (χ1v) is 13.0. The van der Waals surface area contributed by atoms with Gasteiger partial charge in [-0.2, -0.15) is 0 Å². The Balaban J connectivity index is 1.37. The van der Waals surface area contributed by atoms with Gasteiger partial charge in [0.2, 0.25) is 0 Å². The average Bonchev–Trinajstić information content (AvgIpc) is 3.50. The van der Waals surface area contributed by atoms with Crippen LogP contribution in [0.5, 0.6) is 11.5 Å². The number of benzene rings is 3. The summed E-state index contributed by atoms with van der Waals surface area (Å²) >= 11 is 0. The van der Waals surface area contributed by atoms with E-state index >= 15 is 0 Å². The highest BCUT2D eigenvalue weighted by molar-refractivity contribution is 5.94. The van der Waals surface area contributed by atoms with E-state index in [1.54, 1.807) is 42.6 Å². The third kappa shape index (κ3) is 6.81. The number of aromatic nitrogens is 1.